The molecule has 0 aliphatic rings. The molecule has 1 rings (SSSR count). The Bertz CT molecular complexity index is 431. The maximum atomic E-state index is 5.47. The van der Waals surface area contributed by atoms with Crippen molar-refractivity contribution in [3.05, 3.63) is 23.9 Å². The largest absolute Gasteiger partial charge is 0.478 e. The number of methoxy groups -OCH3 is 2. The van der Waals surface area contributed by atoms with Gasteiger partial charge in [-0.3, -0.25) is 0 Å². The van der Waals surface area contributed by atoms with Crippen LogP contribution in [0.3, 0.4) is 0 Å². The Morgan fingerprint density at radius 3 is 2.25 bits per heavy atom. The average molecular weight is 452 g/mol. The number of rotatable bonds is 11. The Morgan fingerprint density at radius 1 is 1.08 bits per heavy atom. The fourth-order valence-corrected chi connectivity index (χ4v) is 1.68. The van der Waals surface area contributed by atoms with Crippen LogP contribution in [0.4, 0.5) is 0 Å². The van der Waals surface area contributed by atoms with Crippen LogP contribution in [-0.2, 0) is 16.0 Å². The van der Waals surface area contributed by atoms with E-state index in [2.05, 4.69) is 27.5 Å². The minimum absolute atomic E-state index is 0. The molecule has 8 heteroatoms. The molecule has 24 heavy (non-hydrogen) atoms. The zero-order valence-electron chi connectivity index (χ0n) is 14.7. The van der Waals surface area contributed by atoms with Gasteiger partial charge in [-0.2, -0.15) is 0 Å². The van der Waals surface area contributed by atoms with Gasteiger partial charge in [0.25, 0.3) is 0 Å². The summed E-state index contributed by atoms with van der Waals surface area (Å²) in [6.45, 7) is 5.91. The van der Waals surface area contributed by atoms with E-state index >= 15 is 0 Å². The topological polar surface area (TPSA) is 77.0 Å². The third-order valence-corrected chi connectivity index (χ3v) is 2.87. The highest BCUT2D eigenvalue weighted by molar-refractivity contribution is 14.0. The molecule has 0 aromatic carbocycles. The van der Waals surface area contributed by atoms with E-state index in [1.54, 1.807) is 20.4 Å². The summed E-state index contributed by atoms with van der Waals surface area (Å²) in [5, 5.41) is 6.40. The second-order valence-corrected chi connectivity index (χ2v) is 4.86. The van der Waals surface area contributed by atoms with E-state index < -0.39 is 0 Å². The summed E-state index contributed by atoms with van der Waals surface area (Å²) < 4.78 is 15.5. The quantitative estimate of drug-likeness (QED) is 0.231. The molecule has 0 radical (unpaired) electrons. The summed E-state index contributed by atoms with van der Waals surface area (Å²) in [5.74, 6) is 1.38. The van der Waals surface area contributed by atoms with E-state index in [0.717, 1.165) is 17.9 Å². The molecule has 0 unspecified atom stereocenters. The van der Waals surface area contributed by atoms with Gasteiger partial charge in [-0.1, -0.05) is 13.0 Å². The van der Waals surface area contributed by atoms with Gasteiger partial charge in [-0.05, 0) is 12.0 Å². The van der Waals surface area contributed by atoms with Crippen LogP contribution in [0, 0.1) is 0 Å². The van der Waals surface area contributed by atoms with Crippen molar-refractivity contribution in [2.75, 3.05) is 47.1 Å². The number of guanidine groups is 1. The molecular weight excluding hydrogens is 423 g/mol. The van der Waals surface area contributed by atoms with Crippen LogP contribution < -0.4 is 15.4 Å². The van der Waals surface area contributed by atoms with Gasteiger partial charge in [0.15, 0.2) is 5.96 Å². The molecule has 138 valence electrons. The predicted molar refractivity (Wildman–Crippen MR) is 106 cm³/mol. The average Bonchev–Trinajstić information content (AvgIpc) is 2.58. The van der Waals surface area contributed by atoms with Crippen molar-refractivity contribution in [3.8, 4) is 5.88 Å². The summed E-state index contributed by atoms with van der Waals surface area (Å²) in [4.78, 5) is 8.80. The van der Waals surface area contributed by atoms with Crippen LogP contribution in [0.25, 0.3) is 0 Å². The van der Waals surface area contributed by atoms with E-state index in [1.807, 2.05) is 12.1 Å². The van der Waals surface area contributed by atoms with Gasteiger partial charge in [0.05, 0.1) is 26.4 Å². The highest BCUT2D eigenvalue weighted by Crippen LogP contribution is 2.08. The van der Waals surface area contributed by atoms with Gasteiger partial charge in [0.1, 0.15) is 0 Å². The highest BCUT2D eigenvalue weighted by atomic mass is 127. The van der Waals surface area contributed by atoms with Crippen molar-refractivity contribution in [1.29, 1.82) is 0 Å². The molecule has 0 bridgehead atoms. The minimum Gasteiger partial charge on any atom is -0.478 e. The monoisotopic (exact) mass is 452 g/mol. The lowest BCUT2D eigenvalue weighted by molar-refractivity contribution is 0.200. The van der Waals surface area contributed by atoms with Crippen molar-refractivity contribution in [2.24, 2.45) is 4.99 Å². The first-order valence-corrected chi connectivity index (χ1v) is 7.88. The molecule has 1 heterocycles. The highest BCUT2D eigenvalue weighted by Gasteiger charge is 2.00. The van der Waals surface area contributed by atoms with Crippen LogP contribution in [0.15, 0.2) is 23.3 Å². The predicted octanol–water partition coefficient (Wildman–Crippen LogP) is 1.82. The Labute approximate surface area is 161 Å². The first-order chi connectivity index (χ1) is 11.3. The molecule has 2 N–H and O–H groups in total. The molecule has 0 saturated heterocycles. The summed E-state index contributed by atoms with van der Waals surface area (Å²) in [6, 6.07) is 3.85. The van der Waals surface area contributed by atoms with E-state index in [0.29, 0.717) is 45.3 Å². The lowest BCUT2D eigenvalue weighted by Gasteiger charge is -2.12. The van der Waals surface area contributed by atoms with Gasteiger partial charge >= 0.3 is 0 Å². The van der Waals surface area contributed by atoms with Gasteiger partial charge in [-0.25, -0.2) is 9.98 Å². The molecule has 0 fully saturated rings. The number of nitrogens with zero attached hydrogens (tertiary/aromatic N) is 2. The lowest BCUT2D eigenvalue weighted by Crippen LogP contribution is -2.40. The molecular formula is C16H29IN4O3. The fourth-order valence-electron chi connectivity index (χ4n) is 1.68. The van der Waals surface area contributed by atoms with Crippen LogP contribution in [0.5, 0.6) is 5.88 Å². The molecule has 1 aromatic heterocycles. The smallest absolute Gasteiger partial charge is 0.213 e. The van der Waals surface area contributed by atoms with E-state index in [9.17, 15) is 0 Å². The molecule has 7 nitrogen and oxygen atoms in total. The van der Waals surface area contributed by atoms with Gasteiger partial charge < -0.3 is 24.8 Å². The third kappa shape index (κ3) is 10.6. The van der Waals surface area contributed by atoms with Crippen LogP contribution in [0.1, 0.15) is 18.9 Å². The number of pyridine rings is 1. The molecule has 0 saturated carbocycles. The Balaban J connectivity index is 0.00000529. The number of aromatic nitrogens is 1. The summed E-state index contributed by atoms with van der Waals surface area (Å²) in [6.07, 6.45) is 2.76. The second kappa shape index (κ2) is 15.4. The SMILES string of the molecule is CCCOc1ccc(CN=C(NCCOC)NCCOC)cn1.I. The number of ether oxygens (including phenoxy) is 3. The van der Waals surface area contributed by atoms with Crippen LogP contribution >= 0.6 is 24.0 Å². The number of nitrogens with one attached hydrogen (secondary N) is 2. The standard InChI is InChI=1S/C16H28N4O3.HI/c1-4-9-23-15-6-5-14(12-19-15)13-20-16(17-7-10-21-2)18-8-11-22-3;/h5-6,12H,4,7-11,13H2,1-3H3,(H2,17,18,20);1H. The van der Waals surface area contributed by atoms with E-state index in [4.69, 9.17) is 14.2 Å². The number of hydrogen-bond acceptors (Lipinski definition) is 5. The van der Waals surface area contributed by atoms with Gasteiger partial charge in [0, 0.05) is 39.6 Å². The van der Waals surface area contributed by atoms with Crippen molar-refractivity contribution in [3.63, 3.8) is 0 Å². The van der Waals surface area contributed by atoms with E-state index in [-0.39, 0.29) is 24.0 Å². The molecule has 0 spiro atoms. The number of halogens is 1. The fraction of sp³-hybridized carbons (Fsp3) is 0.625. The first-order valence-electron chi connectivity index (χ1n) is 7.88. The van der Waals surface area contributed by atoms with Crippen LogP contribution in [0.2, 0.25) is 0 Å². The third-order valence-electron chi connectivity index (χ3n) is 2.87. The molecule has 0 atom stereocenters. The lowest BCUT2D eigenvalue weighted by atomic mass is 10.3. The van der Waals surface area contributed by atoms with Crippen molar-refractivity contribution < 1.29 is 14.2 Å². The zero-order chi connectivity index (χ0) is 16.8. The van der Waals surface area contributed by atoms with E-state index in [1.165, 1.54) is 0 Å². The number of aliphatic imine (C=N–C) groups is 1. The summed E-state index contributed by atoms with van der Waals surface area (Å²) in [7, 11) is 3.34. The van der Waals surface area contributed by atoms with Crippen molar-refractivity contribution in [1.82, 2.24) is 15.6 Å². The van der Waals surface area contributed by atoms with Crippen LogP contribution in [-0.4, -0.2) is 58.1 Å². The molecule has 0 aliphatic heterocycles. The van der Waals surface area contributed by atoms with Gasteiger partial charge in [-0.15, -0.1) is 24.0 Å². The normalized spacial score (nSPS) is 9.79. The zero-order valence-corrected chi connectivity index (χ0v) is 17.0. The number of hydrogen-bond donors (Lipinski definition) is 2. The second-order valence-electron chi connectivity index (χ2n) is 4.86. The minimum atomic E-state index is 0. The summed E-state index contributed by atoms with van der Waals surface area (Å²) >= 11 is 0. The molecule has 0 amide bonds. The van der Waals surface area contributed by atoms with Gasteiger partial charge in [0.2, 0.25) is 5.88 Å². The maximum absolute atomic E-state index is 5.47. The molecule has 0 aliphatic carbocycles. The molecule has 1 aromatic rings. The Kier molecular flexibility index (Phi) is 14.7. The first kappa shape index (κ1) is 22.9. The summed E-state index contributed by atoms with van der Waals surface area (Å²) in [5.41, 5.74) is 1.02. The van der Waals surface area contributed by atoms with Crippen molar-refractivity contribution >= 4 is 29.9 Å². The maximum Gasteiger partial charge on any atom is 0.213 e. The Hall–Kier alpha value is -1.13. The Morgan fingerprint density at radius 2 is 1.75 bits per heavy atom. The van der Waals surface area contributed by atoms with Crippen molar-refractivity contribution in [2.45, 2.75) is 19.9 Å².